The minimum Gasteiger partial charge on any atom is -0.486 e. The topological polar surface area (TPSA) is 30.5 Å². The highest BCUT2D eigenvalue weighted by molar-refractivity contribution is 5.44. The molecule has 1 saturated carbocycles. The molecule has 1 aliphatic heterocycles. The van der Waals surface area contributed by atoms with Gasteiger partial charge in [0.15, 0.2) is 11.5 Å². The van der Waals surface area contributed by atoms with Crippen LogP contribution in [0.1, 0.15) is 57.6 Å². The van der Waals surface area contributed by atoms with Gasteiger partial charge in [-0.3, -0.25) is 0 Å². The first-order valence-corrected chi connectivity index (χ1v) is 8.39. The molecule has 0 spiro atoms. The summed E-state index contributed by atoms with van der Waals surface area (Å²) in [6, 6.07) is 7.23. The third-order valence-electron chi connectivity index (χ3n) is 4.94. The van der Waals surface area contributed by atoms with Crippen LogP contribution in [0, 0.1) is 5.92 Å². The molecule has 1 N–H and O–H groups in total. The van der Waals surface area contributed by atoms with Crippen LogP contribution in [0.4, 0.5) is 0 Å². The average Bonchev–Trinajstić information content (AvgIpc) is 2.55. The zero-order valence-electron chi connectivity index (χ0n) is 13.2. The summed E-state index contributed by atoms with van der Waals surface area (Å²) < 4.78 is 11.3. The molecule has 1 aromatic carbocycles. The average molecular weight is 289 g/mol. The summed E-state index contributed by atoms with van der Waals surface area (Å²) in [5, 5.41) is 3.78. The van der Waals surface area contributed by atoms with Crippen molar-refractivity contribution in [2.45, 2.75) is 58.0 Å². The Hall–Kier alpha value is -1.22. The van der Waals surface area contributed by atoms with Crippen molar-refractivity contribution in [1.29, 1.82) is 0 Å². The molecule has 116 valence electrons. The second-order valence-electron chi connectivity index (χ2n) is 6.48. The lowest BCUT2D eigenvalue weighted by Gasteiger charge is -2.31. The van der Waals surface area contributed by atoms with Gasteiger partial charge in [0.2, 0.25) is 0 Å². The molecule has 0 saturated heterocycles. The van der Waals surface area contributed by atoms with E-state index >= 15 is 0 Å². The Morgan fingerprint density at radius 1 is 1.00 bits per heavy atom. The minimum atomic E-state index is 0.345. The van der Waals surface area contributed by atoms with Crippen molar-refractivity contribution in [1.82, 2.24) is 5.32 Å². The lowest BCUT2D eigenvalue weighted by atomic mass is 9.84. The first-order chi connectivity index (χ1) is 10.2. The van der Waals surface area contributed by atoms with E-state index < -0.39 is 0 Å². The predicted octanol–water partition coefficient (Wildman–Crippen LogP) is 4.08. The first kappa shape index (κ1) is 14.7. The summed E-state index contributed by atoms with van der Waals surface area (Å²) in [6.07, 6.45) is 6.97. The van der Waals surface area contributed by atoms with Crippen LogP contribution in [0.5, 0.6) is 11.5 Å². The first-order valence-electron chi connectivity index (χ1n) is 8.39. The summed E-state index contributed by atoms with van der Waals surface area (Å²) in [5.74, 6) is 2.59. The van der Waals surface area contributed by atoms with Gasteiger partial charge in [-0.2, -0.15) is 0 Å². The smallest absolute Gasteiger partial charge is 0.161 e. The van der Waals surface area contributed by atoms with Gasteiger partial charge in [-0.25, -0.2) is 0 Å². The molecule has 3 nitrogen and oxygen atoms in total. The summed E-state index contributed by atoms with van der Waals surface area (Å²) in [7, 11) is 0. The van der Waals surface area contributed by atoms with Crippen molar-refractivity contribution in [2.75, 3.05) is 13.2 Å². The van der Waals surface area contributed by atoms with E-state index in [4.69, 9.17) is 9.47 Å². The van der Waals surface area contributed by atoms with Crippen LogP contribution in [-0.4, -0.2) is 19.3 Å². The van der Waals surface area contributed by atoms with Gasteiger partial charge in [-0.05, 0) is 50.3 Å². The SMILES string of the molecule is CC(N[C@H](C)C1CCCCC1)c1ccc2c(c1)OCCO2. The molecule has 0 aromatic heterocycles. The van der Waals surface area contributed by atoms with Gasteiger partial charge < -0.3 is 14.8 Å². The number of nitrogens with one attached hydrogen (secondary N) is 1. The lowest BCUT2D eigenvalue weighted by Crippen LogP contribution is -2.36. The molecular formula is C18H27NO2. The molecule has 0 amide bonds. The molecule has 3 heteroatoms. The highest BCUT2D eigenvalue weighted by Gasteiger charge is 2.22. The van der Waals surface area contributed by atoms with Gasteiger partial charge in [-0.1, -0.05) is 25.3 Å². The second-order valence-corrected chi connectivity index (χ2v) is 6.48. The molecule has 1 aromatic rings. The quantitative estimate of drug-likeness (QED) is 0.906. The normalized spacial score (nSPS) is 21.8. The highest BCUT2D eigenvalue weighted by Crippen LogP contribution is 2.33. The number of hydrogen-bond acceptors (Lipinski definition) is 3. The monoisotopic (exact) mass is 289 g/mol. The summed E-state index contributed by atoms with van der Waals surface area (Å²) in [6.45, 7) is 5.88. The fraction of sp³-hybridized carbons (Fsp3) is 0.667. The number of rotatable bonds is 4. The van der Waals surface area contributed by atoms with Crippen molar-refractivity contribution in [3.05, 3.63) is 23.8 Å². The largest absolute Gasteiger partial charge is 0.486 e. The van der Waals surface area contributed by atoms with E-state index in [1.165, 1.54) is 37.7 Å². The molecular weight excluding hydrogens is 262 g/mol. The molecule has 1 fully saturated rings. The van der Waals surface area contributed by atoms with Crippen LogP contribution >= 0.6 is 0 Å². The van der Waals surface area contributed by atoms with E-state index in [9.17, 15) is 0 Å². The minimum absolute atomic E-state index is 0.345. The Balaban J connectivity index is 1.63. The van der Waals surface area contributed by atoms with E-state index in [0.29, 0.717) is 25.3 Å². The van der Waals surface area contributed by atoms with Gasteiger partial charge in [0.05, 0.1) is 0 Å². The third-order valence-corrected chi connectivity index (χ3v) is 4.94. The zero-order chi connectivity index (χ0) is 14.7. The summed E-state index contributed by atoms with van der Waals surface area (Å²) in [5.41, 5.74) is 1.28. The molecule has 21 heavy (non-hydrogen) atoms. The maximum atomic E-state index is 5.68. The maximum absolute atomic E-state index is 5.68. The van der Waals surface area contributed by atoms with Crippen molar-refractivity contribution in [3.8, 4) is 11.5 Å². The molecule has 1 heterocycles. The standard InChI is InChI=1S/C18H27NO2/c1-13(15-6-4-3-5-7-15)19-14(2)16-8-9-17-18(12-16)21-11-10-20-17/h8-9,12-15,19H,3-7,10-11H2,1-2H3/t13-,14?/m1/s1. The number of benzene rings is 1. The van der Waals surface area contributed by atoms with E-state index in [0.717, 1.165) is 17.4 Å². The molecule has 2 aliphatic rings. The Kier molecular flexibility index (Phi) is 4.69. The molecule has 0 bridgehead atoms. The Bertz CT molecular complexity index is 468. The van der Waals surface area contributed by atoms with Gasteiger partial charge in [0.1, 0.15) is 13.2 Å². The predicted molar refractivity (Wildman–Crippen MR) is 85.0 cm³/mol. The van der Waals surface area contributed by atoms with E-state index in [-0.39, 0.29) is 0 Å². The van der Waals surface area contributed by atoms with E-state index in [2.05, 4.69) is 31.3 Å². The molecule has 2 atom stereocenters. The number of hydrogen-bond donors (Lipinski definition) is 1. The highest BCUT2D eigenvalue weighted by atomic mass is 16.6. The van der Waals surface area contributed by atoms with Crippen molar-refractivity contribution in [2.24, 2.45) is 5.92 Å². The van der Waals surface area contributed by atoms with Gasteiger partial charge in [0.25, 0.3) is 0 Å². The maximum Gasteiger partial charge on any atom is 0.161 e. The van der Waals surface area contributed by atoms with Gasteiger partial charge >= 0.3 is 0 Å². The van der Waals surface area contributed by atoms with Crippen molar-refractivity contribution >= 4 is 0 Å². The summed E-state index contributed by atoms with van der Waals surface area (Å²) >= 11 is 0. The van der Waals surface area contributed by atoms with Gasteiger partial charge in [-0.15, -0.1) is 0 Å². The lowest BCUT2D eigenvalue weighted by molar-refractivity contribution is 0.171. The van der Waals surface area contributed by atoms with Crippen molar-refractivity contribution in [3.63, 3.8) is 0 Å². The molecule has 3 rings (SSSR count). The van der Waals surface area contributed by atoms with Crippen LogP contribution in [-0.2, 0) is 0 Å². The zero-order valence-corrected chi connectivity index (χ0v) is 13.2. The van der Waals surface area contributed by atoms with Crippen molar-refractivity contribution < 1.29 is 9.47 Å². The van der Waals surface area contributed by atoms with E-state index in [1.54, 1.807) is 0 Å². The van der Waals surface area contributed by atoms with Crippen LogP contribution in [0.25, 0.3) is 0 Å². The fourth-order valence-electron chi connectivity index (χ4n) is 3.59. The fourth-order valence-corrected chi connectivity index (χ4v) is 3.59. The number of ether oxygens (including phenoxy) is 2. The van der Waals surface area contributed by atoms with Crippen LogP contribution in [0.15, 0.2) is 18.2 Å². The van der Waals surface area contributed by atoms with Crippen LogP contribution in [0.2, 0.25) is 0 Å². The third kappa shape index (κ3) is 3.52. The van der Waals surface area contributed by atoms with Crippen LogP contribution in [0.3, 0.4) is 0 Å². The Morgan fingerprint density at radius 3 is 2.48 bits per heavy atom. The Morgan fingerprint density at radius 2 is 1.71 bits per heavy atom. The van der Waals surface area contributed by atoms with Crippen LogP contribution < -0.4 is 14.8 Å². The Labute approximate surface area is 128 Å². The molecule has 1 unspecified atom stereocenters. The van der Waals surface area contributed by atoms with E-state index in [1.807, 2.05) is 6.07 Å². The second kappa shape index (κ2) is 6.69. The molecule has 1 aliphatic carbocycles. The summed E-state index contributed by atoms with van der Waals surface area (Å²) in [4.78, 5) is 0. The number of fused-ring (bicyclic) bond motifs is 1. The molecule has 0 radical (unpaired) electrons. The van der Waals surface area contributed by atoms with Gasteiger partial charge in [0, 0.05) is 12.1 Å².